The molecule has 0 aliphatic carbocycles. The summed E-state index contributed by atoms with van der Waals surface area (Å²) in [5.74, 6) is -1.17. The summed E-state index contributed by atoms with van der Waals surface area (Å²) in [6, 6.07) is 12.7. The van der Waals surface area contributed by atoms with Crippen molar-refractivity contribution >= 4 is 21.4 Å². The predicted octanol–water partition coefficient (Wildman–Crippen LogP) is 2.60. The lowest BCUT2D eigenvalue weighted by Crippen LogP contribution is -2.15. The summed E-state index contributed by atoms with van der Waals surface area (Å²) in [4.78, 5) is 12.1. The molecule has 1 amide bonds. The average molecular weight is 373 g/mol. The number of sulfone groups is 1. The van der Waals surface area contributed by atoms with Crippen LogP contribution in [0.15, 0.2) is 65.8 Å². The van der Waals surface area contributed by atoms with Crippen LogP contribution in [-0.2, 0) is 21.1 Å². The molecule has 0 aliphatic heterocycles. The van der Waals surface area contributed by atoms with Crippen molar-refractivity contribution in [2.45, 2.75) is 11.3 Å². The van der Waals surface area contributed by atoms with Crippen LogP contribution in [-0.4, -0.2) is 30.4 Å². The Balaban J connectivity index is 1.73. The van der Waals surface area contributed by atoms with Crippen molar-refractivity contribution in [1.29, 1.82) is 0 Å². The molecule has 1 aromatic heterocycles. The highest BCUT2D eigenvalue weighted by Gasteiger charge is 2.14. The van der Waals surface area contributed by atoms with Crippen molar-refractivity contribution in [3.05, 3.63) is 72.3 Å². The summed E-state index contributed by atoms with van der Waals surface area (Å²) in [7, 11) is -3.50. The smallest absolute Gasteiger partial charge is 0.228 e. The maximum Gasteiger partial charge on any atom is 0.228 e. The van der Waals surface area contributed by atoms with Crippen LogP contribution in [0, 0.1) is 5.82 Å². The van der Waals surface area contributed by atoms with Crippen molar-refractivity contribution in [2.75, 3.05) is 11.6 Å². The molecule has 0 radical (unpaired) electrons. The summed E-state index contributed by atoms with van der Waals surface area (Å²) >= 11 is 0. The molecule has 2 aromatic carbocycles. The third-order valence-corrected chi connectivity index (χ3v) is 4.77. The molecule has 0 unspecified atom stereocenters. The molecular weight excluding hydrogens is 357 g/mol. The predicted molar refractivity (Wildman–Crippen MR) is 95.4 cm³/mol. The second-order valence-corrected chi connectivity index (χ2v) is 7.78. The van der Waals surface area contributed by atoms with Gasteiger partial charge in [-0.1, -0.05) is 18.2 Å². The zero-order valence-corrected chi connectivity index (χ0v) is 14.7. The van der Waals surface area contributed by atoms with Gasteiger partial charge in [0.25, 0.3) is 0 Å². The summed E-state index contributed by atoms with van der Waals surface area (Å²) in [5.41, 5.74) is 1.32. The average Bonchev–Trinajstić information content (AvgIpc) is 3.05. The van der Waals surface area contributed by atoms with Crippen molar-refractivity contribution in [3.8, 4) is 5.69 Å². The molecule has 0 aliphatic rings. The van der Waals surface area contributed by atoms with Crippen LogP contribution in [0.1, 0.15) is 5.56 Å². The zero-order valence-electron chi connectivity index (χ0n) is 13.9. The summed E-state index contributed by atoms with van der Waals surface area (Å²) in [5, 5.41) is 6.60. The Morgan fingerprint density at radius 2 is 1.92 bits per heavy atom. The molecule has 0 saturated heterocycles. The third-order valence-electron chi connectivity index (χ3n) is 3.66. The van der Waals surface area contributed by atoms with E-state index >= 15 is 0 Å². The molecule has 0 fully saturated rings. The van der Waals surface area contributed by atoms with Gasteiger partial charge in [0.15, 0.2) is 9.84 Å². The fourth-order valence-corrected chi connectivity index (χ4v) is 3.03. The highest BCUT2D eigenvalue weighted by molar-refractivity contribution is 7.90. The molecule has 26 heavy (non-hydrogen) atoms. The van der Waals surface area contributed by atoms with E-state index in [-0.39, 0.29) is 17.0 Å². The Bertz CT molecular complexity index is 1050. The van der Waals surface area contributed by atoms with Gasteiger partial charge in [-0.05, 0) is 35.9 Å². The zero-order chi connectivity index (χ0) is 18.7. The van der Waals surface area contributed by atoms with Gasteiger partial charge in [-0.25, -0.2) is 17.5 Å². The molecule has 1 heterocycles. The number of nitrogens with one attached hydrogen (secondary N) is 1. The van der Waals surface area contributed by atoms with Gasteiger partial charge >= 0.3 is 0 Å². The quantitative estimate of drug-likeness (QED) is 0.697. The van der Waals surface area contributed by atoms with Crippen LogP contribution in [0.25, 0.3) is 5.69 Å². The normalized spacial score (nSPS) is 11.3. The largest absolute Gasteiger partial charge is 0.323 e. The van der Waals surface area contributed by atoms with E-state index in [4.69, 9.17) is 0 Å². The number of halogens is 1. The fraction of sp³-hybridized carbons (Fsp3) is 0.111. The number of nitrogens with zero attached hydrogens (tertiary/aromatic N) is 2. The van der Waals surface area contributed by atoms with E-state index in [0.29, 0.717) is 5.56 Å². The fourth-order valence-electron chi connectivity index (χ4n) is 2.38. The molecule has 0 bridgehead atoms. The van der Waals surface area contributed by atoms with Gasteiger partial charge < -0.3 is 5.32 Å². The SMILES string of the molecule is CS(=O)(=O)c1ccc(F)c(NC(=O)Cc2cnn(-c3ccccc3)c2)c1. The Morgan fingerprint density at radius 3 is 2.62 bits per heavy atom. The lowest BCUT2D eigenvalue weighted by Gasteiger charge is -2.07. The second-order valence-electron chi connectivity index (χ2n) is 5.77. The lowest BCUT2D eigenvalue weighted by atomic mass is 10.2. The van der Waals surface area contributed by atoms with E-state index < -0.39 is 21.6 Å². The van der Waals surface area contributed by atoms with E-state index in [2.05, 4.69) is 10.4 Å². The minimum absolute atomic E-state index is 0.0185. The van der Waals surface area contributed by atoms with Crippen molar-refractivity contribution in [1.82, 2.24) is 9.78 Å². The third kappa shape index (κ3) is 4.15. The monoisotopic (exact) mass is 373 g/mol. The van der Waals surface area contributed by atoms with Crippen LogP contribution in [0.3, 0.4) is 0 Å². The van der Waals surface area contributed by atoms with Crippen molar-refractivity contribution in [3.63, 3.8) is 0 Å². The van der Waals surface area contributed by atoms with E-state index in [1.165, 1.54) is 0 Å². The van der Waals surface area contributed by atoms with Crippen LogP contribution >= 0.6 is 0 Å². The highest BCUT2D eigenvalue weighted by Crippen LogP contribution is 2.20. The van der Waals surface area contributed by atoms with Gasteiger partial charge in [0, 0.05) is 12.5 Å². The first kappa shape index (κ1) is 17.8. The minimum atomic E-state index is -3.50. The lowest BCUT2D eigenvalue weighted by molar-refractivity contribution is -0.115. The van der Waals surface area contributed by atoms with E-state index in [1.807, 2.05) is 30.3 Å². The van der Waals surface area contributed by atoms with Crippen LogP contribution in [0.4, 0.5) is 10.1 Å². The summed E-state index contributed by atoms with van der Waals surface area (Å²) < 4.78 is 38.6. The van der Waals surface area contributed by atoms with E-state index in [0.717, 1.165) is 30.1 Å². The van der Waals surface area contributed by atoms with Crippen LogP contribution < -0.4 is 5.32 Å². The first-order valence-electron chi connectivity index (χ1n) is 7.71. The van der Waals surface area contributed by atoms with Gasteiger partial charge in [0.2, 0.25) is 5.91 Å². The molecule has 3 aromatic rings. The molecule has 8 heteroatoms. The molecule has 3 rings (SSSR count). The number of aromatic nitrogens is 2. The Hall–Kier alpha value is -3.00. The molecule has 0 spiro atoms. The number of carbonyl (C=O) groups excluding carboxylic acids is 1. The number of hydrogen-bond acceptors (Lipinski definition) is 4. The first-order chi connectivity index (χ1) is 12.3. The van der Waals surface area contributed by atoms with E-state index in [1.54, 1.807) is 17.1 Å². The second kappa shape index (κ2) is 7.09. The number of carbonyl (C=O) groups is 1. The summed E-state index contributed by atoms with van der Waals surface area (Å²) in [6.07, 6.45) is 4.26. The van der Waals surface area contributed by atoms with Gasteiger partial charge in [-0.3, -0.25) is 4.79 Å². The number of anilines is 1. The van der Waals surface area contributed by atoms with Gasteiger partial charge in [-0.2, -0.15) is 5.10 Å². The topological polar surface area (TPSA) is 81.1 Å². The molecule has 0 atom stereocenters. The number of para-hydroxylation sites is 1. The minimum Gasteiger partial charge on any atom is -0.323 e. The van der Waals surface area contributed by atoms with Gasteiger partial charge in [-0.15, -0.1) is 0 Å². The Labute approximate surface area is 150 Å². The Kier molecular flexibility index (Phi) is 4.85. The van der Waals surface area contributed by atoms with Gasteiger partial charge in [0.05, 0.1) is 28.9 Å². The number of amides is 1. The van der Waals surface area contributed by atoms with Crippen molar-refractivity contribution in [2.24, 2.45) is 0 Å². The molecule has 6 nitrogen and oxygen atoms in total. The number of hydrogen-bond donors (Lipinski definition) is 1. The first-order valence-corrected chi connectivity index (χ1v) is 9.60. The summed E-state index contributed by atoms with van der Waals surface area (Å²) in [6.45, 7) is 0. The maximum atomic E-state index is 13.9. The molecule has 0 saturated carbocycles. The van der Waals surface area contributed by atoms with Crippen LogP contribution in [0.5, 0.6) is 0 Å². The van der Waals surface area contributed by atoms with E-state index in [9.17, 15) is 17.6 Å². The number of rotatable bonds is 5. The highest BCUT2D eigenvalue weighted by atomic mass is 32.2. The molecule has 1 N–H and O–H groups in total. The maximum absolute atomic E-state index is 13.9. The standard InChI is InChI=1S/C18H16FN3O3S/c1-26(24,25)15-7-8-16(19)17(10-15)21-18(23)9-13-11-20-22(12-13)14-5-3-2-4-6-14/h2-8,10-12H,9H2,1H3,(H,21,23). The van der Waals surface area contributed by atoms with Gasteiger partial charge in [0.1, 0.15) is 5.82 Å². The molecule has 134 valence electrons. The van der Waals surface area contributed by atoms with Crippen molar-refractivity contribution < 1.29 is 17.6 Å². The number of benzene rings is 2. The Morgan fingerprint density at radius 1 is 1.19 bits per heavy atom. The van der Waals surface area contributed by atoms with Crippen LogP contribution in [0.2, 0.25) is 0 Å². The molecular formula is C18H16FN3O3S.